The number of carbonyl (C=O) groups is 1. The summed E-state index contributed by atoms with van der Waals surface area (Å²) in [5.41, 5.74) is 0.801. The van der Waals surface area contributed by atoms with Gasteiger partial charge in [0.2, 0.25) is 5.91 Å². The minimum atomic E-state index is -3.94. The fourth-order valence-electron chi connectivity index (χ4n) is 3.61. The van der Waals surface area contributed by atoms with Gasteiger partial charge in [-0.2, -0.15) is 0 Å². The molecular formula is C22H24N4O3S3. The van der Waals surface area contributed by atoms with Crippen LogP contribution < -0.4 is 4.72 Å². The highest BCUT2D eigenvalue weighted by molar-refractivity contribution is 8.01. The maximum absolute atomic E-state index is 12.8. The summed E-state index contributed by atoms with van der Waals surface area (Å²) < 4.78 is 28.7. The Morgan fingerprint density at radius 2 is 2.12 bits per heavy atom. The van der Waals surface area contributed by atoms with Crippen molar-refractivity contribution in [3.63, 3.8) is 0 Å². The summed E-state index contributed by atoms with van der Waals surface area (Å²) in [6.45, 7) is 2.05. The van der Waals surface area contributed by atoms with Crippen LogP contribution in [0.15, 0.2) is 86.1 Å². The fourth-order valence-corrected chi connectivity index (χ4v) is 7.09. The second-order valence-electron chi connectivity index (χ2n) is 7.48. The number of nitrogens with zero attached hydrogens (tertiary/aromatic N) is 3. The highest BCUT2D eigenvalue weighted by Gasteiger charge is 2.32. The zero-order chi connectivity index (χ0) is 22.7. The molecule has 168 valence electrons. The first-order chi connectivity index (χ1) is 15.3. The number of aromatic nitrogens is 1. The lowest BCUT2D eigenvalue weighted by molar-refractivity contribution is -0.119. The first-order valence-electron chi connectivity index (χ1n) is 10.1. The summed E-state index contributed by atoms with van der Waals surface area (Å²) in [6, 6.07) is 9.03. The van der Waals surface area contributed by atoms with E-state index in [1.165, 1.54) is 17.8 Å². The molecule has 0 radical (unpaired) electrons. The molecule has 0 saturated carbocycles. The molecule has 7 nitrogen and oxygen atoms in total. The molecule has 1 aliphatic carbocycles. The van der Waals surface area contributed by atoms with Gasteiger partial charge in [-0.15, -0.1) is 11.3 Å². The molecule has 2 unspecified atom stereocenters. The normalized spacial score (nSPS) is 21.1. The van der Waals surface area contributed by atoms with Gasteiger partial charge in [0.05, 0.1) is 16.7 Å². The highest BCUT2D eigenvalue weighted by atomic mass is 32.3. The van der Waals surface area contributed by atoms with Gasteiger partial charge in [0.25, 0.3) is 10.0 Å². The van der Waals surface area contributed by atoms with E-state index in [0.717, 1.165) is 32.7 Å². The molecule has 2 atom stereocenters. The smallest absolute Gasteiger partial charge is 0.273 e. The largest absolute Gasteiger partial charge is 0.302 e. The number of allylic oxidation sites excluding steroid dienone is 2. The van der Waals surface area contributed by atoms with E-state index < -0.39 is 15.9 Å². The van der Waals surface area contributed by atoms with Gasteiger partial charge in [-0.3, -0.25) is 4.79 Å². The SMILES string of the molecule is CC1C=C(CC(=O)NS(=O)(=O)c2ccc(Sc3ccccn3)s2)N(C2C=CC=CC2)N1C. The maximum atomic E-state index is 12.8. The van der Waals surface area contributed by atoms with Gasteiger partial charge in [0, 0.05) is 25.0 Å². The Bertz CT molecular complexity index is 1170. The zero-order valence-corrected chi connectivity index (χ0v) is 20.2. The monoisotopic (exact) mass is 488 g/mol. The molecule has 0 spiro atoms. The number of amides is 1. The van der Waals surface area contributed by atoms with E-state index in [1.54, 1.807) is 12.3 Å². The zero-order valence-electron chi connectivity index (χ0n) is 17.7. The van der Waals surface area contributed by atoms with E-state index in [4.69, 9.17) is 0 Å². The summed E-state index contributed by atoms with van der Waals surface area (Å²) >= 11 is 2.50. The van der Waals surface area contributed by atoms with Crippen LogP contribution in [-0.2, 0) is 14.8 Å². The Morgan fingerprint density at radius 3 is 2.84 bits per heavy atom. The molecule has 2 aliphatic rings. The third kappa shape index (κ3) is 5.15. The molecule has 10 heteroatoms. The Balaban J connectivity index is 1.42. The molecule has 3 heterocycles. The number of hydrogen-bond acceptors (Lipinski definition) is 8. The average Bonchev–Trinajstić information content (AvgIpc) is 3.34. The van der Waals surface area contributed by atoms with Gasteiger partial charge < -0.3 is 5.01 Å². The minimum absolute atomic E-state index is 0.0110. The van der Waals surface area contributed by atoms with Gasteiger partial charge in [-0.1, -0.05) is 42.1 Å². The molecule has 1 N–H and O–H groups in total. The molecule has 2 aromatic heterocycles. The Labute approximate surface area is 196 Å². The number of hydrogen-bond donors (Lipinski definition) is 1. The second kappa shape index (κ2) is 9.62. The molecule has 1 aliphatic heterocycles. The van der Waals surface area contributed by atoms with Crippen molar-refractivity contribution in [2.24, 2.45) is 0 Å². The first-order valence-corrected chi connectivity index (χ1v) is 13.3. The third-order valence-electron chi connectivity index (χ3n) is 5.18. The summed E-state index contributed by atoms with van der Waals surface area (Å²) in [5, 5.41) is 4.93. The summed E-state index contributed by atoms with van der Waals surface area (Å²) in [7, 11) is -1.97. The average molecular weight is 489 g/mol. The van der Waals surface area contributed by atoms with Crippen LogP contribution in [0.2, 0.25) is 0 Å². The molecule has 0 saturated heterocycles. The van der Waals surface area contributed by atoms with Crippen LogP contribution in [0.25, 0.3) is 0 Å². The Morgan fingerprint density at radius 1 is 1.28 bits per heavy atom. The van der Waals surface area contributed by atoms with Crippen molar-refractivity contribution >= 4 is 39.0 Å². The van der Waals surface area contributed by atoms with E-state index in [1.807, 2.05) is 50.4 Å². The number of nitrogens with one attached hydrogen (secondary N) is 1. The number of rotatable bonds is 7. The van der Waals surface area contributed by atoms with E-state index in [-0.39, 0.29) is 22.7 Å². The number of carbonyl (C=O) groups excluding carboxylic acids is 1. The minimum Gasteiger partial charge on any atom is -0.302 e. The van der Waals surface area contributed by atoms with Crippen molar-refractivity contribution in [1.29, 1.82) is 0 Å². The van der Waals surface area contributed by atoms with Crippen LogP contribution in [0.3, 0.4) is 0 Å². The van der Waals surface area contributed by atoms with Crippen LogP contribution >= 0.6 is 23.1 Å². The Hall–Kier alpha value is -2.40. The molecule has 0 aromatic carbocycles. The molecule has 0 fully saturated rings. The number of likely N-dealkylation sites (N-methyl/N-ethyl adjacent to an activating group) is 1. The number of pyridine rings is 1. The molecule has 2 aromatic rings. The molecule has 32 heavy (non-hydrogen) atoms. The van der Waals surface area contributed by atoms with Crippen LogP contribution in [0.4, 0.5) is 0 Å². The first kappa shape index (κ1) is 22.8. The third-order valence-corrected chi connectivity index (χ3v) is 9.22. The molecule has 0 bridgehead atoms. The van der Waals surface area contributed by atoms with E-state index >= 15 is 0 Å². The van der Waals surface area contributed by atoms with Gasteiger partial charge in [-0.25, -0.2) is 23.1 Å². The van der Waals surface area contributed by atoms with E-state index in [9.17, 15) is 13.2 Å². The van der Waals surface area contributed by atoms with Crippen LogP contribution in [-0.4, -0.2) is 48.5 Å². The van der Waals surface area contributed by atoms with E-state index in [0.29, 0.717) is 0 Å². The van der Waals surface area contributed by atoms with Crippen molar-refractivity contribution in [2.75, 3.05) is 7.05 Å². The van der Waals surface area contributed by atoms with Crippen molar-refractivity contribution in [3.8, 4) is 0 Å². The van der Waals surface area contributed by atoms with Crippen molar-refractivity contribution in [3.05, 3.63) is 72.6 Å². The predicted molar refractivity (Wildman–Crippen MR) is 126 cm³/mol. The van der Waals surface area contributed by atoms with Crippen LogP contribution in [0.1, 0.15) is 19.8 Å². The second-order valence-corrected chi connectivity index (χ2v) is 11.8. The molecule has 4 rings (SSSR count). The summed E-state index contributed by atoms with van der Waals surface area (Å²) in [5.74, 6) is -0.550. The van der Waals surface area contributed by atoms with Gasteiger partial charge in [-0.05, 0) is 43.7 Å². The van der Waals surface area contributed by atoms with Crippen molar-refractivity contribution < 1.29 is 13.2 Å². The van der Waals surface area contributed by atoms with Gasteiger partial charge in [0.1, 0.15) is 9.24 Å². The lowest BCUT2D eigenvalue weighted by atomic mass is 10.1. The summed E-state index contributed by atoms with van der Waals surface area (Å²) in [4.78, 5) is 16.9. The van der Waals surface area contributed by atoms with Crippen molar-refractivity contribution in [1.82, 2.24) is 19.7 Å². The van der Waals surface area contributed by atoms with Crippen molar-refractivity contribution in [2.45, 2.75) is 45.3 Å². The summed E-state index contributed by atoms with van der Waals surface area (Å²) in [6.07, 6.45) is 12.7. The number of hydrazine groups is 1. The van der Waals surface area contributed by atoms with Gasteiger partial charge >= 0.3 is 0 Å². The topological polar surface area (TPSA) is 82.6 Å². The lowest BCUT2D eigenvalue weighted by Gasteiger charge is -2.37. The van der Waals surface area contributed by atoms with Crippen LogP contribution in [0, 0.1) is 0 Å². The van der Waals surface area contributed by atoms with Gasteiger partial charge in [0.15, 0.2) is 0 Å². The Kier molecular flexibility index (Phi) is 6.85. The van der Waals surface area contributed by atoms with E-state index in [2.05, 4.69) is 31.9 Å². The number of sulfonamides is 1. The lowest BCUT2D eigenvalue weighted by Crippen LogP contribution is -2.45. The standard InChI is InChI=1S/C22H24N4O3S3/c1-16-14-18(26(25(16)2)17-8-4-3-5-9-17)15-19(27)24-32(28,29)22-12-11-21(31-22)30-20-10-6-7-13-23-20/h3-8,10-14,16-17H,9,15H2,1-2H3,(H,24,27). The number of thiophene rings is 1. The fraction of sp³-hybridized carbons (Fsp3) is 0.273. The molecular weight excluding hydrogens is 464 g/mol. The highest BCUT2D eigenvalue weighted by Crippen LogP contribution is 2.34. The molecule has 1 amide bonds. The predicted octanol–water partition coefficient (Wildman–Crippen LogP) is 3.81. The maximum Gasteiger partial charge on any atom is 0.273 e. The van der Waals surface area contributed by atoms with Crippen LogP contribution in [0.5, 0.6) is 0 Å². The quantitative estimate of drug-likeness (QED) is 0.635.